The molecule has 0 amide bonds. The van der Waals surface area contributed by atoms with Crippen molar-refractivity contribution in [2.24, 2.45) is 0 Å². The number of hydrogen-bond acceptors (Lipinski definition) is 3. The van der Waals surface area contributed by atoms with Crippen LogP contribution in [0.1, 0.15) is 11.6 Å². The lowest BCUT2D eigenvalue weighted by Crippen LogP contribution is -2.05. The summed E-state index contributed by atoms with van der Waals surface area (Å²) in [6.45, 7) is 0.464. The third kappa shape index (κ3) is 2.33. The summed E-state index contributed by atoms with van der Waals surface area (Å²) in [6.07, 6.45) is 2.20. The highest BCUT2D eigenvalue weighted by Crippen LogP contribution is 2.20. The van der Waals surface area contributed by atoms with E-state index < -0.39 is 0 Å². The van der Waals surface area contributed by atoms with E-state index in [1.165, 1.54) is 12.1 Å². The molecule has 0 radical (unpaired) electrons. The van der Waals surface area contributed by atoms with Crippen LogP contribution in [0.4, 0.5) is 4.39 Å². The minimum atomic E-state index is -0.288. The van der Waals surface area contributed by atoms with Gasteiger partial charge in [0.25, 0.3) is 0 Å². The highest BCUT2D eigenvalue weighted by molar-refractivity contribution is 6.17. The van der Waals surface area contributed by atoms with Crippen molar-refractivity contribution in [2.75, 3.05) is 5.88 Å². The van der Waals surface area contributed by atoms with Crippen LogP contribution in [0.2, 0.25) is 0 Å². The van der Waals surface area contributed by atoms with Gasteiger partial charge in [-0.1, -0.05) is 5.16 Å². The number of benzene rings is 1. The predicted octanol–water partition coefficient (Wildman–Crippen LogP) is 2.99. The average Bonchev–Trinajstić information content (AvgIpc) is 3.00. The van der Waals surface area contributed by atoms with Gasteiger partial charge in [-0.3, -0.25) is 0 Å². The van der Waals surface area contributed by atoms with Crippen molar-refractivity contribution < 1.29 is 8.91 Å². The summed E-state index contributed by atoms with van der Waals surface area (Å²) in [5, 5.41) is 3.67. The zero-order valence-electron chi connectivity index (χ0n) is 10.0. The Labute approximate surface area is 113 Å². The molecule has 3 aromatic rings. The van der Waals surface area contributed by atoms with Crippen molar-refractivity contribution in [3.63, 3.8) is 0 Å². The fraction of sp³-hybridized carbons (Fsp3) is 0.231. The molecule has 0 saturated carbocycles. The molecule has 0 aliphatic rings. The van der Waals surface area contributed by atoms with Gasteiger partial charge in [-0.25, -0.2) is 9.37 Å². The molecule has 1 aromatic carbocycles. The summed E-state index contributed by atoms with van der Waals surface area (Å²) < 4.78 is 20.4. The first-order valence-electron chi connectivity index (χ1n) is 5.88. The Balaban J connectivity index is 2.12. The SMILES string of the molecule is Fc1ccc2nc(CCCl)n(Cc3ccno3)c2c1. The Kier molecular flexibility index (Phi) is 3.21. The Morgan fingerprint density at radius 2 is 2.21 bits per heavy atom. The Bertz CT molecular complexity index is 693. The topological polar surface area (TPSA) is 43.9 Å². The zero-order chi connectivity index (χ0) is 13.2. The van der Waals surface area contributed by atoms with Crippen LogP contribution in [0.15, 0.2) is 35.0 Å². The van der Waals surface area contributed by atoms with Crippen molar-refractivity contribution in [1.82, 2.24) is 14.7 Å². The lowest BCUT2D eigenvalue weighted by molar-refractivity contribution is 0.376. The summed E-state index contributed by atoms with van der Waals surface area (Å²) >= 11 is 5.79. The minimum absolute atomic E-state index is 0.288. The molecule has 0 aliphatic carbocycles. The minimum Gasteiger partial charge on any atom is -0.359 e. The van der Waals surface area contributed by atoms with Crippen LogP contribution in [-0.4, -0.2) is 20.6 Å². The molecular weight excluding hydrogens is 269 g/mol. The maximum absolute atomic E-state index is 13.4. The maximum Gasteiger partial charge on any atom is 0.156 e. The number of aryl methyl sites for hydroxylation is 1. The molecule has 0 saturated heterocycles. The summed E-state index contributed by atoms with van der Waals surface area (Å²) in [7, 11) is 0. The summed E-state index contributed by atoms with van der Waals surface area (Å²) in [4.78, 5) is 4.47. The second-order valence-corrected chi connectivity index (χ2v) is 4.54. The summed E-state index contributed by atoms with van der Waals surface area (Å²) in [5.41, 5.74) is 1.48. The van der Waals surface area contributed by atoms with E-state index in [1.807, 2.05) is 4.57 Å². The van der Waals surface area contributed by atoms with Crippen LogP contribution >= 0.6 is 11.6 Å². The number of halogens is 2. The van der Waals surface area contributed by atoms with Crippen LogP contribution in [0.3, 0.4) is 0 Å². The number of hydrogen-bond donors (Lipinski definition) is 0. The highest BCUT2D eigenvalue weighted by Gasteiger charge is 2.12. The second kappa shape index (κ2) is 5.01. The van der Waals surface area contributed by atoms with Crippen molar-refractivity contribution in [1.29, 1.82) is 0 Å². The van der Waals surface area contributed by atoms with E-state index >= 15 is 0 Å². The molecular formula is C13H11ClFN3O. The summed E-state index contributed by atoms with van der Waals surface area (Å²) in [5.74, 6) is 1.68. The fourth-order valence-corrected chi connectivity index (χ4v) is 2.25. The molecule has 19 heavy (non-hydrogen) atoms. The zero-order valence-corrected chi connectivity index (χ0v) is 10.8. The van der Waals surface area contributed by atoms with Gasteiger partial charge in [0.15, 0.2) is 5.76 Å². The van der Waals surface area contributed by atoms with Crippen LogP contribution in [0, 0.1) is 5.82 Å². The van der Waals surface area contributed by atoms with E-state index in [0.717, 1.165) is 16.9 Å². The highest BCUT2D eigenvalue weighted by atomic mass is 35.5. The van der Waals surface area contributed by atoms with Crippen molar-refractivity contribution in [3.05, 3.63) is 47.9 Å². The maximum atomic E-state index is 13.4. The molecule has 0 fully saturated rings. The third-order valence-corrected chi connectivity index (χ3v) is 3.10. The molecule has 0 unspecified atom stereocenters. The lowest BCUT2D eigenvalue weighted by atomic mass is 10.3. The van der Waals surface area contributed by atoms with E-state index in [2.05, 4.69) is 10.1 Å². The Morgan fingerprint density at radius 3 is 2.95 bits per heavy atom. The van der Waals surface area contributed by atoms with Gasteiger partial charge >= 0.3 is 0 Å². The van der Waals surface area contributed by atoms with E-state index in [4.69, 9.17) is 16.1 Å². The largest absolute Gasteiger partial charge is 0.359 e. The molecule has 0 N–H and O–H groups in total. The summed E-state index contributed by atoms with van der Waals surface area (Å²) in [6, 6.07) is 6.31. The normalized spacial score (nSPS) is 11.3. The molecule has 0 aliphatic heterocycles. The molecule has 0 spiro atoms. The van der Waals surface area contributed by atoms with Gasteiger partial charge in [0, 0.05) is 18.4 Å². The number of aromatic nitrogens is 3. The fourth-order valence-electron chi connectivity index (χ4n) is 2.08. The third-order valence-electron chi connectivity index (χ3n) is 2.91. The van der Waals surface area contributed by atoms with Crippen LogP contribution in [0.5, 0.6) is 0 Å². The number of nitrogens with zero attached hydrogens (tertiary/aromatic N) is 3. The van der Waals surface area contributed by atoms with E-state index in [-0.39, 0.29) is 5.82 Å². The second-order valence-electron chi connectivity index (χ2n) is 4.16. The van der Waals surface area contributed by atoms with E-state index in [1.54, 1.807) is 18.3 Å². The van der Waals surface area contributed by atoms with Crippen LogP contribution in [0.25, 0.3) is 11.0 Å². The monoisotopic (exact) mass is 279 g/mol. The Hall–Kier alpha value is -1.88. The smallest absolute Gasteiger partial charge is 0.156 e. The van der Waals surface area contributed by atoms with E-state index in [0.29, 0.717) is 24.6 Å². The Morgan fingerprint density at radius 1 is 1.32 bits per heavy atom. The quantitative estimate of drug-likeness (QED) is 0.690. The van der Waals surface area contributed by atoms with Crippen LogP contribution in [-0.2, 0) is 13.0 Å². The van der Waals surface area contributed by atoms with Gasteiger partial charge in [0.2, 0.25) is 0 Å². The van der Waals surface area contributed by atoms with Gasteiger partial charge in [0.05, 0.1) is 23.8 Å². The van der Waals surface area contributed by atoms with Gasteiger partial charge in [-0.15, -0.1) is 11.6 Å². The molecule has 6 heteroatoms. The molecule has 4 nitrogen and oxygen atoms in total. The molecule has 2 heterocycles. The van der Waals surface area contributed by atoms with E-state index in [9.17, 15) is 4.39 Å². The van der Waals surface area contributed by atoms with Crippen molar-refractivity contribution >= 4 is 22.6 Å². The average molecular weight is 280 g/mol. The molecule has 98 valence electrons. The number of imidazole rings is 1. The van der Waals surface area contributed by atoms with Gasteiger partial charge in [-0.2, -0.15) is 0 Å². The first kappa shape index (κ1) is 12.2. The van der Waals surface area contributed by atoms with Crippen molar-refractivity contribution in [2.45, 2.75) is 13.0 Å². The number of fused-ring (bicyclic) bond motifs is 1. The van der Waals surface area contributed by atoms with Gasteiger partial charge < -0.3 is 9.09 Å². The van der Waals surface area contributed by atoms with Gasteiger partial charge in [0.1, 0.15) is 11.6 Å². The molecule has 0 bridgehead atoms. The van der Waals surface area contributed by atoms with Gasteiger partial charge in [-0.05, 0) is 18.2 Å². The predicted molar refractivity (Wildman–Crippen MR) is 69.7 cm³/mol. The first-order chi connectivity index (χ1) is 9.28. The lowest BCUT2D eigenvalue weighted by Gasteiger charge is -2.05. The molecule has 0 atom stereocenters. The van der Waals surface area contributed by atoms with Crippen molar-refractivity contribution in [3.8, 4) is 0 Å². The van der Waals surface area contributed by atoms with Crippen LogP contribution < -0.4 is 0 Å². The molecule has 2 aromatic heterocycles. The number of alkyl halides is 1. The number of rotatable bonds is 4. The molecule has 3 rings (SSSR count). The standard InChI is InChI=1S/C13H11ClFN3O/c14-5-3-13-17-11-2-1-9(15)7-12(11)18(13)8-10-4-6-16-19-10/h1-2,4,6-7H,3,5,8H2. The first-order valence-corrected chi connectivity index (χ1v) is 6.41.